The van der Waals surface area contributed by atoms with Gasteiger partial charge in [0.1, 0.15) is 0 Å². The van der Waals surface area contributed by atoms with Crippen molar-refractivity contribution in [3.63, 3.8) is 0 Å². The van der Waals surface area contributed by atoms with E-state index in [2.05, 4.69) is 26.6 Å². The van der Waals surface area contributed by atoms with Gasteiger partial charge in [0.25, 0.3) is 0 Å². The number of nitrogens with zero attached hydrogens (tertiary/aromatic N) is 1. The summed E-state index contributed by atoms with van der Waals surface area (Å²) in [5.41, 5.74) is 0. The van der Waals surface area contributed by atoms with Gasteiger partial charge in [0.2, 0.25) is 0 Å². The minimum Gasteiger partial charge on any atom is -0.360 e. The third-order valence-electron chi connectivity index (χ3n) is 0.525. The summed E-state index contributed by atoms with van der Waals surface area (Å²) in [7, 11) is 0. The molecule has 0 saturated carbocycles. The number of nitrogens with one attached hydrogen (secondary N) is 1. The Labute approximate surface area is 44.7 Å². The minimum atomic E-state index is 0.123. The third kappa shape index (κ3) is 0.653. The highest BCUT2D eigenvalue weighted by molar-refractivity contribution is 9.09. The normalized spacial score (nSPS) is 20.2. The molecule has 1 rings (SSSR count). The fourth-order valence-electron chi connectivity index (χ4n) is 0.284. The average molecular weight is 148 g/mol. The lowest BCUT2D eigenvalue weighted by Gasteiger charge is -1.94. The van der Waals surface area contributed by atoms with Crippen LogP contribution in [-0.2, 0) is 0 Å². The molecule has 6 heavy (non-hydrogen) atoms. The van der Waals surface area contributed by atoms with E-state index in [1.54, 1.807) is 12.4 Å². The summed E-state index contributed by atoms with van der Waals surface area (Å²) in [6, 6.07) is 0. The van der Waals surface area contributed by atoms with Gasteiger partial charge in [-0.3, -0.25) is 5.32 Å². The number of hydrogen-bond donors (Lipinski definition) is 1. The van der Waals surface area contributed by atoms with Crippen LogP contribution in [-0.4, -0.2) is 5.08 Å². The van der Waals surface area contributed by atoms with Crippen molar-refractivity contribution in [3.05, 3.63) is 12.4 Å². The first-order valence-corrected chi connectivity index (χ1v) is 2.56. The largest absolute Gasteiger partial charge is 0.360 e. The van der Waals surface area contributed by atoms with Gasteiger partial charge < -0.3 is 5.32 Å². The van der Waals surface area contributed by atoms with Crippen LogP contribution in [0.15, 0.2) is 12.4 Å². The first-order valence-electron chi connectivity index (χ1n) is 1.65. The van der Waals surface area contributed by atoms with E-state index in [1.807, 2.05) is 0 Å². The van der Waals surface area contributed by atoms with Gasteiger partial charge in [0.15, 0.2) is 5.08 Å². The molecule has 0 bridgehead atoms. The molecule has 1 unspecified atom stereocenters. The zero-order valence-corrected chi connectivity index (χ0v) is 4.64. The van der Waals surface area contributed by atoms with Crippen molar-refractivity contribution < 1.29 is 0 Å². The van der Waals surface area contributed by atoms with Gasteiger partial charge >= 0.3 is 0 Å². The predicted molar refractivity (Wildman–Crippen MR) is 27.1 cm³/mol. The second-order valence-electron chi connectivity index (χ2n) is 0.967. The van der Waals surface area contributed by atoms with Gasteiger partial charge in [0, 0.05) is 12.4 Å². The van der Waals surface area contributed by atoms with Crippen LogP contribution in [0.5, 0.6) is 0 Å². The fraction of sp³-hybridized carbons (Fsp3) is 0.333. The van der Waals surface area contributed by atoms with Crippen LogP contribution in [0, 0.1) is 0 Å². The molecule has 1 radical (unpaired) electrons. The van der Waals surface area contributed by atoms with Crippen LogP contribution in [0.3, 0.4) is 0 Å². The quantitative estimate of drug-likeness (QED) is 0.389. The minimum absolute atomic E-state index is 0.123. The molecule has 0 aromatic heterocycles. The Balaban J connectivity index is 2.32. The molecule has 1 aliphatic heterocycles. The maximum absolute atomic E-state index is 3.86. The highest BCUT2D eigenvalue weighted by atomic mass is 79.9. The van der Waals surface area contributed by atoms with Crippen LogP contribution in [0.4, 0.5) is 0 Å². The molecule has 1 N–H and O–H groups in total. The SMILES string of the molecule is BrC1[N]C=CN1. The van der Waals surface area contributed by atoms with Gasteiger partial charge in [0.05, 0.1) is 0 Å². The third-order valence-corrected chi connectivity index (χ3v) is 1.03. The number of rotatable bonds is 0. The number of hydrogen-bond acceptors (Lipinski definition) is 1. The summed E-state index contributed by atoms with van der Waals surface area (Å²) in [4.78, 5) is 0. The van der Waals surface area contributed by atoms with E-state index in [-0.39, 0.29) is 5.08 Å². The van der Waals surface area contributed by atoms with E-state index in [4.69, 9.17) is 0 Å². The van der Waals surface area contributed by atoms with Crippen molar-refractivity contribution in [2.24, 2.45) is 0 Å². The van der Waals surface area contributed by atoms with Crippen LogP contribution in [0.1, 0.15) is 0 Å². The monoisotopic (exact) mass is 147 g/mol. The first-order chi connectivity index (χ1) is 2.89. The lowest BCUT2D eigenvalue weighted by Crippen LogP contribution is -2.17. The Morgan fingerprint density at radius 2 is 2.67 bits per heavy atom. The van der Waals surface area contributed by atoms with E-state index >= 15 is 0 Å². The molecule has 0 saturated heterocycles. The summed E-state index contributed by atoms with van der Waals surface area (Å²) >= 11 is 3.20. The summed E-state index contributed by atoms with van der Waals surface area (Å²) < 4.78 is 0. The average Bonchev–Trinajstić information content (AvgIpc) is 1.86. The van der Waals surface area contributed by atoms with Crippen LogP contribution < -0.4 is 10.6 Å². The molecule has 33 valence electrons. The van der Waals surface area contributed by atoms with Gasteiger partial charge in [-0.2, -0.15) is 0 Å². The van der Waals surface area contributed by atoms with Crippen molar-refractivity contribution in [2.45, 2.75) is 5.08 Å². The molecule has 3 heteroatoms. The summed E-state index contributed by atoms with van der Waals surface area (Å²) in [6.07, 6.45) is 3.51. The van der Waals surface area contributed by atoms with Crippen LogP contribution in [0.25, 0.3) is 0 Å². The summed E-state index contributed by atoms with van der Waals surface area (Å²) in [6.45, 7) is 0. The maximum Gasteiger partial charge on any atom is 0.174 e. The van der Waals surface area contributed by atoms with Crippen molar-refractivity contribution in [1.82, 2.24) is 10.6 Å². The van der Waals surface area contributed by atoms with Gasteiger partial charge in [-0.1, -0.05) is 0 Å². The zero-order valence-electron chi connectivity index (χ0n) is 3.06. The Hall–Kier alpha value is -0.180. The smallest absolute Gasteiger partial charge is 0.174 e. The Bertz CT molecular complexity index is 63.2. The van der Waals surface area contributed by atoms with Crippen LogP contribution >= 0.6 is 15.9 Å². The van der Waals surface area contributed by atoms with Crippen molar-refractivity contribution in [3.8, 4) is 0 Å². The van der Waals surface area contributed by atoms with E-state index in [0.29, 0.717) is 0 Å². The molecule has 0 aromatic rings. The Kier molecular flexibility index (Phi) is 1.01. The Morgan fingerprint density at radius 3 is 2.83 bits per heavy atom. The predicted octanol–water partition coefficient (Wildman–Crippen LogP) is 0.344. The maximum atomic E-state index is 3.86. The Morgan fingerprint density at radius 1 is 1.83 bits per heavy atom. The van der Waals surface area contributed by atoms with Gasteiger partial charge in [-0.15, -0.1) is 0 Å². The van der Waals surface area contributed by atoms with Crippen LogP contribution in [0.2, 0.25) is 0 Å². The van der Waals surface area contributed by atoms with E-state index in [9.17, 15) is 0 Å². The molecule has 0 spiro atoms. The standard InChI is InChI=1S/C3H4BrN2/c4-3-5-1-2-6-3/h1-3,5H. The molecular weight excluding hydrogens is 144 g/mol. The molecule has 0 aliphatic carbocycles. The topological polar surface area (TPSA) is 26.1 Å². The molecular formula is C3H4BrN2. The molecule has 2 nitrogen and oxygen atoms in total. The number of alkyl halides is 1. The number of halogens is 1. The zero-order chi connectivity index (χ0) is 4.41. The van der Waals surface area contributed by atoms with Gasteiger partial charge in [-0.05, 0) is 15.9 Å². The lowest BCUT2D eigenvalue weighted by molar-refractivity contribution is 0.774. The lowest BCUT2D eigenvalue weighted by atomic mass is 11.0. The molecule has 0 aromatic carbocycles. The highest BCUT2D eigenvalue weighted by Crippen LogP contribution is 1.95. The van der Waals surface area contributed by atoms with Crippen molar-refractivity contribution in [1.29, 1.82) is 0 Å². The molecule has 1 atom stereocenters. The fourth-order valence-corrected chi connectivity index (χ4v) is 0.573. The molecule has 0 fully saturated rings. The first kappa shape index (κ1) is 3.99. The molecule has 0 amide bonds. The van der Waals surface area contributed by atoms with E-state index < -0.39 is 0 Å². The summed E-state index contributed by atoms with van der Waals surface area (Å²) in [5, 5.41) is 6.87. The second-order valence-corrected chi connectivity index (χ2v) is 1.83. The van der Waals surface area contributed by atoms with E-state index in [0.717, 1.165) is 0 Å². The second kappa shape index (κ2) is 1.51. The van der Waals surface area contributed by atoms with Gasteiger partial charge in [-0.25, -0.2) is 0 Å². The van der Waals surface area contributed by atoms with E-state index in [1.165, 1.54) is 0 Å². The van der Waals surface area contributed by atoms with Crippen molar-refractivity contribution >= 4 is 15.9 Å². The molecule has 1 aliphatic rings. The molecule has 1 heterocycles. The highest BCUT2D eigenvalue weighted by Gasteiger charge is 2.00. The van der Waals surface area contributed by atoms with Crippen molar-refractivity contribution in [2.75, 3.05) is 0 Å². The summed E-state index contributed by atoms with van der Waals surface area (Å²) in [5.74, 6) is 0.